The second-order valence-electron chi connectivity index (χ2n) is 7.83. The Labute approximate surface area is 201 Å². The molecule has 172 valence electrons. The van der Waals surface area contributed by atoms with Crippen LogP contribution in [0.4, 0.5) is 11.4 Å². The van der Waals surface area contributed by atoms with Crippen LogP contribution >= 0.6 is 11.6 Å². The number of anilines is 2. The van der Waals surface area contributed by atoms with Crippen molar-refractivity contribution in [3.05, 3.63) is 94.1 Å². The van der Waals surface area contributed by atoms with Crippen molar-refractivity contribution in [2.75, 3.05) is 23.3 Å². The first kappa shape index (κ1) is 22.2. The maximum Gasteiger partial charge on any atom is 0.264 e. The first-order valence-electron chi connectivity index (χ1n) is 10.5. The summed E-state index contributed by atoms with van der Waals surface area (Å²) in [5, 5.41) is 2.74. The molecule has 1 aliphatic heterocycles. The summed E-state index contributed by atoms with van der Waals surface area (Å²) in [5.74, 6) is -0.347. The number of fused-ring (bicyclic) bond motifs is 2. The molecule has 1 aliphatic carbocycles. The van der Waals surface area contributed by atoms with E-state index in [1.54, 1.807) is 48.5 Å². The van der Waals surface area contributed by atoms with E-state index in [9.17, 15) is 18.0 Å². The molecule has 1 N–H and O–H groups in total. The highest BCUT2D eigenvalue weighted by Crippen LogP contribution is 2.41. The van der Waals surface area contributed by atoms with Crippen LogP contribution in [0.25, 0.3) is 0 Å². The van der Waals surface area contributed by atoms with Gasteiger partial charge < -0.3 is 10.1 Å². The number of ketones is 2. The molecule has 7 nitrogen and oxygen atoms in total. The molecule has 9 heteroatoms. The summed E-state index contributed by atoms with van der Waals surface area (Å²) in [6, 6.07) is 17.9. The molecule has 0 unspecified atom stereocenters. The van der Waals surface area contributed by atoms with Gasteiger partial charge in [0.05, 0.1) is 23.4 Å². The molecule has 3 aromatic carbocycles. The van der Waals surface area contributed by atoms with Crippen molar-refractivity contribution >= 4 is 44.6 Å². The lowest BCUT2D eigenvalue weighted by molar-refractivity contribution is 0.0982. The van der Waals surface area contributed by atoms with Crippen LogP contribution in [0, 0.1) is 0 Å². The number of Topliss-reactive ketones (excluding diaryl/α,β-unsaturated/α-hetero) is 2. The summed E-state index contributed by atoms with van der Waals surface area (Å²) in [7, 11) is -2.38. The minimum Gasteiger partial charge on any atom is -0.497 e. The largest absolute Gasteiger partial charge is 0.497 e. The number of ether oxygens (including phenoxy) is 1. The Morgan fingerprint density at radius 2 is 1.59 bits per heavy atom. The van der Waals surface area contributed by atoms with E-state index < -0.39 is 21.6 Å². The van der Waals surface area contributed by atoms with Crippen LogP contribution in [-0.2, 0) is 16.4 Å². The van der Waals surface area contributed by atoms with Crippen molar-refractivity contribution in [3.8, 4) is 5.75 Å². The normalized spacial score (nSPS) is 15.3. The number of carbonyl (C=O) groups excluding carboxylic acids is 2. The Kier molecular flexibility index (Phi) is 5.42. The number of allylic oxidation sites excluding steroid dienone is 2. The zero-order valence-electron chi connectivity index (χ0n) is 18.0. The van der Waals surface area contributed by atoms with E-state index in [-0.39, 0.29) is 33.3 Å². The molecule has 0 radical (unpaired) electrons. The predicted octanol–water partition coefficient (Wildman–Crippen LogP) is 4.39. The number of hydrogen-bond donors (Lipinski definition) is 1. The van der Waals surface area contributed by atoms with Crippen molar-refractivity contribution in [2.24, 2.45) is 0 Å². The van der Waals surface area contributed by atoms with Gasteiger partial charge in [0, 0.05) is 17.7 Å². The third-order valence-electron chi connectivity index (χ3n) is 5.92. The predicted molar refractivity (Wildman–Crippen MR) is 129 cm³/mol. The van der Waals surface area contributed by atoms with E-state index in [1.165, 1.54) is 23.5 Å². The molecule has 34 heavy (non-hydrogen) atoms. The van der Waals surface area contributed by atoms with E-state index >= 15 is 0 Å². The summed E-state index contributed by atoms with van der Waals surface area (Å²) in [6.07, 6.45) is 0.503. The van der Waals surface area contributed by atoms with Crippen molar-refractivity contribution < 1.29 is 22.7 Å². The molecule has 0 saturated carbocycles. The zero-order valence-corrected chi connectivity index (χ0v) is 19.6. The van der Waals surface area contributed by atoms with E-state index in [4.69, 9.17) is 16.3 Å². The summed E-state index contributed by atoms with van der Waals surface area (Å²) >= 11 is 6.31. The standard InChI is InChI=1S/C25H19ClN2O5S/c1-33-16-9-11-17(12-10-16)34(31,32)28-14-13-15-5-4-8-20(23(15)28)27-22-21(26)24(29)18-6-2-3-7-19(18)25(22)30/h2-12,27H,13-14H2,1H3. The monoisotopic (exact) mass is 494 g/mol. The molecule has 2 aliphatic rings. The minimum absolute atomic E-state index is 0.0764. The maximum atomic E-state index is 13.5. The van der Waals surface area contributed by atoms with Crippen LogP contribution in [0.3, 0.4) is 0 Å². The van der Waals surface area contributed by atoms with Gasteiger partial charge in [0.2, 0.25) is 11.6 Å². The van der Waals surface area contributed by atoms with Crippen molar-refractivity contribution in [3.63, 3.8) is 0 Å². The Bertz CT molecular complexity index is 1480. The average Bonchev–Trinajstić information content (AvgIpc) is 3.31. The number of carbonyl (C=O) groups is 2. The number of halogens is 1. The average molecular weight is 495 g/mol. The van der Waals surface area contributed by atoms with Crippen LogP contribution < -0.4 is 14.4 Å². The molecule has 0 aromatic heterocycles. The fraction of sp³-hybridized carbons (Fsp3) is 0.120. The fourth-order valence-corrected chi connectivity index (χ4v) is 5.99. The molecule has 5 rings (SSSR count). The van der Waals surface area contributed by atoms with Gasteiger partial charge in [-0.25, -0.2) is 8.42 Å². The Balaban J connectivity index is 1.56. The quantitative estimate of drug-likeness (QED) is 0.565. The number of rotatable bonds is 5. The third-order valence-corrected chi connectivity index (χ3v) is 8.10. The number of para-hydroxylation sites is 1. The van der Waals surface area contributed by atoms with Crippen LogP contribution in [-0.4, -0.2) is 33.6 Å². The molecule has 1 heterocycles. The number of methoxy groups -OCH3 is 1. The molecule has 0 bridgehead atoms. The third kappa shape index (κ3) is 3.46. The Hall–Kier alpha value is -3.62. The van der Waals surface area contributed by atoms with Crippen molar-refractivity contribution in [1.29, 1.82) is 0 Å². The van der Waals surface area contributed by atoms with E-state index in [1.807, 2.05) is 6.07 Å². The van der Waals surface area contributed by atoms with E-state index in [0.29, 0.717) is 23.5 Å². The Morgan fingerprint density at radius 3 is 2.26 bits per heavy atom. The van der Waals surface area contributed by atoms with Crippen LogP contribution in [0.15, 0.2) is 82.4 Å². The number of sulfonamides is 1. The molecular weight excluding hydrogens is 476 g/mol. The summed E-state index contributed by atoms with van der Waals surface area (Å²) < 4.78 is 33.4. The second kappa shape index (κ2) is 8.30. The summed E-state index contributed by atoms with van der Waals surface area (Å²) in [6.45, 7) is 0.241. The zero-order chi connectivity index (χ0) is 24.0. The second-order valence-corrected chi connectivity index (χ2v) is 10.1. The van der Waals surface area contributed by atoms with Crippen LogP contribution in [0.5, 0.6) is 5.75 Å². The van der Waals surface area contributed by atoms with Crippen LogP contribution in [0.2, 0.25) is 0 Å². The topological polar surface area (TPSA) is 92.8 Å². The van der Waals surface area contributed by atoms with E-state index in [2.05, 4.69) is 5.32 Å². The van der Waals surface area contributed by atoms with Crippen LogP contribution in [0.1, 0.15) is 26.3 Å². The molecular formula is C25H19ClN2O5S. The molecule has 0 amide bonds. The maximum absolute atomic E-state index is 13.5. The highest BCUT2D eigenvalue weighted by Gasteiger charge is 2.35. The van der Waals surface area contributed by atoms with Gasteiger partial charge in [-0.15, -0.1) is 0 Å². The lowest BCUT2D eigenvalue weighted by Gasteiger charge is -2.24. The van der Waals surface area contributed by atoms with Gasteiger partial charge >= 0.3 is 0 Å². The first-order valence-corrected chi connectivity index (χ1v) is 12.3. The fourth-order valence-electron chi connectivity index (χ4n) is 4.23. The van der Waals surface area contributed by atoms with Gasteiger partial charge in [-0.2, -0.15) is 0 Å². The molecule has 0 saturated heterocycles. The number of benzene rings is 3. The lowest BCUT2D eigenvalue weighted by Crippen LogP contribution is -2.30. The SMILES string of the molecule is COc1ccc(S(=O)(=O)N2CCc3cccc(NC4=C(Cl)C(=O)c5ccccc5C4=O)c32)cc1. The number of hydrogen-bond acceptors (Lipinski definition) is 6. The molecule has 0 atom stereocenters. The number of nitrogens with zero attached hydrogens (tertiary/aromatic N) is 1. The first-order chi connectivity index (χ1) is 16.3. The van der Waals surface area contributed by atoms with Gasteiger partial charge in [-0.1, -0.05) is 48.0 Å². The minimum atomic E-state index is -3.89. The highest BCUT2D eigenvalue weighted by atomic mass is 35.5. The van der Waals surface area contributed by atoms with Crippen molar-refractivity contribution in [2.45, 2.75) is 11.3 Å². The van der Waals surface area contributed by atoms with Gasteiger partial charge in [-0.05, 0) is 42.3 Å². The molecule has 0 fully saturated rings. The molecule has 0 spiro atoms. The summed E-state index contributed by atoms with van der Waals surface area (Å²) in [4.78, 5) is 26.0. The highest BCUT2D eigenvalue weighted by molar-refractivity contribution is 7.92. The van der Waals surface area contributed by atoms with Gasteiger partial charge in [0.1, 0.15) is 16.5 Å². The van der Waals surface area contributed by atoms with Gasteiger partial charge in [0.15, 0.2) is 0 Å². The smallest absolute Gasteiger partial charge is 0.264 e. The van der Waals surface area contributed by atoms with E-state index in [0.717, 1.165) is 5.56 Å². The molecule has 3 aromatic rings. The van der Waals surface area contributed by atoms with Crippen molar-refractivity contribution in [1.82, 2.24) is 0 Å². The van der Waals surface area contributed by atoms with Gasteiger partial charge in [-0.3, -0.25) is 13.9 Å². The summed E-state index contributed by atoms with van der Waals surface area (Å²) in [5.41, 5.74) is 2.01. The lowest BCUT2D eigenvalue weighted by atomic mass is 9.92. The van der Waals surface area contributed by atoms with Gasteiger partial charge in [0.25, 0.3) is 10.0 Å². The number of nitrogens with one attached hydrogen (secondary N) is 1. The Morgan fingerprint density at radius 1 is 0.912 bits per heavy atom.